The Morgan fingerprint density at radius 2 is 1.57 bits per heavy atom. The van der Waals surface area contributed by atoms with Crippen LogP contribution >= 0.6 is 0 Å². The number of carbonyl (C=O) groups excluding carboxylic acids is 1. The molecule has 0 bridgehead atoms. The van der Waals surface area contributed by atoms with Gasteiger partial charge in [0.2, 0.25) is 0 Å². The second-order valence-electron chi connectivity index (χ2n) is 8.15. The molecule has 3 aromatic rings. The topological polar surface area (TPSA) is 122 Å². The number of non-ortho nitro benzene ring substituents is 1. The van der Waals surface area contributed by atoms with Crippen molar-refractivity contribution in [3.05, 3.63) is 99.1 Å². The molecule has 0 heterocycles. The van der Waals surface area contributed by atoms with E-state index in [9.17, 15) is 23.3 Å². The predicted octanol–water partition coefficient (Wildman–Crippen LogP) is 4.26. The van der Waals surface area contributed by atoms with Crippen molar-refractivity contribution in [2.24, 2.45) is 5.10 Å². The average Bonchev–Trinajstić information content (AvgIpc) is 2.83. The number of hydrogen-bond acceptors (Lipinski definition) is 6. The van der Waals surface area contributed by atoms with Gasteiger partial charge in [0.15, 0.2) is 0 Å². The van der Waals surface area contributed by atoms with Gasteiger partial charge in [0.25, 0.3) is 21.6 Å². The summed E-state index contributed by atoms with van der Waals surface area (Å²) in [6.45, 7) is 6.63. The fourth-order valence-electron chi connectivity index (χ4n) is 3.33. The maximum absolute atomic E-state index is 13.5. The van der Waals surface area contributed by atoms with Gasteiger partial charge in [-0.25, -0.2) is 13.8 Å². The Balaban J connectivity index is 1.89. The van der Waals surface area contributed by atoms with E-state index in [0.29, 0.717) is 22.5 Å². The number of carbonyl (C=O) groups is 1. The van der Waals surface area contributed by atoms with Crippen LogP contribution in [0.1, 0.15) is 29.2 Å². The zero-order chi connectivity index (χ0) is 25.8. The van der Waals surface area contributed by atoms with Gasteiger partial charge in [0.05, 0.1) is 21.2 Å². The number of hydrazone groups is 1. The van der Waals surface area contributed by atoms with Crippen molar-refractivity contribution in [1.29, 1.82) is 0 Å². The van der Waals surface area contributed by atoms with Gasteiger partial charge in [-0.1, -0.05) is 29.8 Å². The summed E-state index contributed by atoms with van der Waals surface area (Å²) in [5, 5.41) is 14.9. The highest BCUT2D eigenvalue weighted by Crippen LogP contribution is 2.28. The summed E-state index contributed by atoms with van der Waals surface area (Å²) in [6.07, 6.45) is 0. The second-order valence-corrected chi connectivity index (χ2v) is 10.0. The lowest BCUT2D eigenvalue weighted by Crippen LogP contribution is -2.40. The second kappa shape index (κ2) is 10.5. The Hall–Kier alpha value is -4.05. The average molecular weight is 495 g/mol. The fourth-order valence-corrected chi connectivity index (χ4v) is 4.80. The van der Waals surface area contributed by atoms with E-state index in [-0.39, 0.29) is 10.6 Å². The maximum Gasteiger partial charge on any atom is 0.269 e. The minimum absolute atomic E-state index is 0.0592. The quantitative estimate of drug-likeness (QED) is 0.285. The molecule has 0 atom stereocenters. The number of benzene rings is 3. The van der Waals surface area contributed by atoms with Crippen molar-refractivity contribution in [3.8, 4) is 0 Å². The van der Waals surface area contributed by atoms with Crippen LogP contribution in [0.4, 0.5) is 11.4 Å². The highest BCUT2D eigenvalue weighted by Gasteiger charge is 2.28. The molecule has 1 amide bonds. The smallest absolute Gasteiger partial charge is 0.269 e. The third kappa shape index (κ3) is 6.10. The fraction of sp³-hybridized carbons (Fsp3) is 0.200. The van der Waals surface area contributed by atoms with Crippen LogP contribution in [0.2, 0.25) is 0 Å². The van der Waals surface area contributed by atoms with Crippen LogP contribution in [0.15, 0.2) is 76.7 Å². The van der Waals surface area contributed by atoms with Crippen molar-refractivity contribution in [2.45, 2.75) is 32.6 Å². The lowest BCUT2D eigenvalue weighted by atomic mass is 10.1. The highest BCUT2D eigenvalue weighted by atomic mass is 32.2. The van der Waals surface area contributed by atoms with Crippen molar-refractivity contribution in [3.63, 3.8) is 0 Å². The van der Waals surface area contributed by atoms with E-state index in [1.165, 1.54) is 36.4 Å². The summed E-state index contributed by atoms with van der Waals surface area (Å²) in [5.74, 6) is -0.636. The van der Waals surface area contributed by atoms with Crippen LogP contribution in [0.25, 0.3) is 0 Å². The van der Waals surface area contributed by atoms with Crippen LogP contribution in [-0.4, -0.2) is 31.5 Å². The SMILES string of the molecule is C/C(=N/NC(=O)CN(c1cc(C)ccc1C)S(=O)(=O)c1ccc(C)cc1)c1ccc([N+](=O)[O-])cc1. The number of hydrogen-bond donors (Lipinski definition) is 1. The number of nitro benzene ring substituents is 1. The molecule has 0 aliphatic carbocycles. The number of sulfonamides is 1. The molecule has 0 aliphatic heterocycles. The zero-order valence-electron chi connectivity index (χ0n) is 19.8. The molecular formula is C25H26N4O5S. The molecule has 0 unspecified atom stereocenters. The molecular weight excluding hydrogens is 468 g/mol. The first-order valence-corrected chi connectivity index (χ1v) is 12.2. The number of nitrogens with zero attached hydrogens (tertiary/aromatic N) is 3. The third-order valence-corrected chi connectivity index (χ3v) is 7.15. The van der Waals surface area contributed by atoms with E-state index in [0.717, 1.165) is 15.4 Å². The number of nitro groups is 1. The number of aryl methyl sites for hydroxylation is 3. The lowest BCUT2D eigenvalue weighted by Gasteiger charge is -2.25. The first-order valence-electron chi connectivity index (χ1n) is 10.7. The van der Waals surface area contributed by atoms with E-state index >= 15 is 0 Å². The van der Waals surface area contributed by atoms with Crippen LogP contribution in [0.3, 0.4) is 0 Å². The van der Waals surface area contributed by atoms with Crippen molar-refractivity contribution < 1.29 is 18.1 Å². The Labute approximate surface area is 204 Å². The first-order chi connectivity index (χ1) is 16.5. The predicted molar refractivity (Wildman–Crippen MR) is 135 cm³/mol. The standard InChI is InChI=1S/C25H26N4O5S/c1-17-6-13-23(14-7-17)35(33,34)28(24-15-18(2)5-8-19(24)3)16-25(30)27-26-20(4)21-9-11-22(12-10-21)29(31)32/h5-15H,16H2,1-4H3,(H,27,30)/b26-20-. The lowest BCUT2D eigenvalue weighted by molar-refractivity contribution is -0.384. The molecule has 0 fully saturated rings. The number of amides is 1. The van der Waals surface area contributed by atoms with Gasteiger partial charge in [0.1, 0.15) is 6.54 Å². The van der Waals surface area contributed by atoms with Gasteiger partial charge < -0.3 is 0 Å². The molecule has 9 nitrogen and oxygen atoms in total. The molecule has 3 rings (SSSR count). The normalized spacial score (nSPS) is 11.7. The van der Waals surface area contributed by atoms with Crippen LogP contribution in [0, 0.1) is 30.9 Å². The van der Waals surface area contributed by atoms with Crippen LogP contribution < -0.4 is 9.73 Å². The molecule has 0 saturated heterocycles. The van der Waals surface area contributed by atoms with Gasteiger partial charge in [-0.2, -0.15) is 5.10 Å². The minimum atomic E-state index is -4.05. The van der Waals surface area contributed by atoms with Gasteiger partial charge in [-0.3, -0.25) is 19.2 Å². The number of rotatable bonds is 8. The molecule has 35 heavy (non-hydrogen) atoms. The van der Waals surface area contributed by atoms with Crippen molar-refractivity contribution in [2.75, 3.05) is 10.8 Å². The van der Waals surface area contributed by atoms with Crippen molar-refractivity contribution in [1.82, 2.24) is 5.43 Å². The van der Waals surface area contributed by atoms with Gasteiger partial charge in [0, 0.05) is 12.1 Å². The number of anilines is 1. The minimum Gasteiger partial charge on any atom is -0.271 e. The molecule has 0 saturated carbocycles. The molecule has 0 radical (unpaired) electrons. The van der Waals surface area contributed by atoms with E-state index in [2.05, 4.69) is 10.5 Å². The highest BCUT2D eigenvalue weighted by molar-refractivity contribution is 7.92. The Morgan fingerprint density at radius 1 is 0.971 bits per heavy atom. The first kappa shape index (κ1) is 25.6. The maximum atomic E-state index is 13.5. The summed E-state index contributed by atoms with van der Waals surface area (Å²) in [7, 11) is -4.05. The summed E-state index contributed by atoms with van der Waals surface area (Å²) in [4.78, 5) is 23.2. The Morgan fingerprint density at radius 3 is 2.17 bits per heavy atom. The molecule has 182 valence electrons. The molecule has 1 N–H and O–H groups in total. The van der Waals surface area contributed by atoms with Crippen LogP contribution in [0.5, 0.6) is 0 Å². The monoisotopic (exact) mass is 494 g/mol. The molecule has 0 spiro atoms. The van der Waals surface area contributed by atoms with E-state index in [4.69, 9.17) is 0 Å². The zero-order valence-corrected chi connectivity index (χ0v) is 20.7. The molecule has 3 aromatic carbocycles. The summed E-state index contributed by atoms with van der Waals surface area (Å²) < 4.78 is 28.2. The summed E-state index contributed by atoms with van der Waals surface area (Å²) in [5.41, 5.74) is 6.18. The summed E-state index contributed by atoms with van der Waals surface area (Å²) in [6, 6.07) is 17.5. The van der Waals surface area contributed by atoms with Crippen molar-refractivity contribution >= 4 is 33.0 Å². The number of nitrogens with one attached hydrogen (secondary N) is 1. The molecule has 0 aromatic heterocycles. The van der Waals surface area contributed by atoms with Gasteiger partial charge in [-0.15, -0.1) is 0 Å². The van der Waals surface area contributed by atoms with E-state index < -0.39 is 27.4 Å². The largest absolute Gasteiger partial charge is 0.271 e. The Kier molecular flexibility index (Phi) is 7.65. The molecule has 0 aliphatic rings. The third-order valence-electron chi connectivity index (χ3n) is 5.37. The van der Waals surface area contributed by atoms with Crippen LogP contribution in [-0.2, 0) is 14.8 Å². The van der Waals surface area contributed by atoms with Gasteiger partial charge >= 0.3 is 0 Å². The Bertz CT molecular complexity index is 1380. The van der Waals surface area contributed by atoms with E-state index in [1.807, 2.05) is 19.9 Å². The van der Waals surface area contributed by atoms with E-state index in [1.54, 1.807) is 38.1 Å². The van der Waals surface area contributed by atoms with Gasteiger partial charge in [-0.05, 0) is 74.7 Å². The molecule has 10 heteroatoms. The summed E-state index contributed by atoms with van der Waals surface area (Å²) >= 11 is 0.